The molecular formula is C65H62O. The number of hydrogen-bond donors (Lipinski definition) is 0. The topological polar surface area (TPSA) is 13.1 Å². The zero-order chi connectivity index (χ0) is 45.8. The molecule has 0 amide bonds. The number of furan rings is 1. The predicted molar refractivity (Wildman–Crippen MR) is 283 cm³/mol. The Kier molecular flexibility index (Phi) is 12.7. The third-order valence-corrected chi connectivity index (χ3v) is 14.4. The van der Waals surface area contributed by atoms with Crippen molar-refractivity contribution in [2.45, 2.75) is 77.6 Å². The number of fused-ring (bicyclic) bond motifs is 4. The molecule has 1 heterocycles. The lowest BCUT2D eigenvalue weighted by molar-refractivity contribution is 0.520. The van der Waals surface area contributed by atoms with Crippen LogP contribution in [-0.4, -0.2) is 0 Å². The van der Waals surface area contributed by atoms with E-state index >= 15 is 0 Å². The lowest BCUT2D eigenvalue weighted by Gasteiger charge is -2.50. The summed E-state index contributed by atoms with van der Waals surface area (Å²) in [6, 6.07) is 59.6. The van der Waals surface area contributed by atoms with Crippen molar-refractivity contribution in [1.29, 1.82) is 0 Å². The number of rotatable bonds is 7. The molecule has 3 aliphatic carbocycles. The molecule has 0 saturated carbocycles. The Labute approximate surface area is 393 Å². The van der Waals surface area contributed by atoms with E-state index < -0.39 is 5.41 Å². The second-order valence-electron chi connectivity index (χ2n) is 18.4. The van der Waals surface area contributed by atoms with E-state index in [4.69, 9.17) is 4.42 Å². The van der Waals surface area contributed by atoms with Crippen molar-refractivity contribution in [3.8, 4) is 22.3 Å². The summed E-state index contributed by atoms with van der Waals surface area (Å²) in [4.78, 5) is 0. The van der Waals surface area contributed by atoms with Gasteiger partial charge in [-0.2, -0.15) is 0 Å². The average Bonchev–Trinajstić information content (AvgIpc) is 3.77. The first-order valence-corrected chi connectivity index (χ1v) is 24.0. The highest BCUT2D eigenvalue weighted by molar-refractivity contribution is 6.09. The van der Waals surface area contributed by atoms with Crippen LogP contribution in [0.15, 0.2) is 222 Å². The van der Waals surface area contributed by atoms with Gasteiger partial charge < -0.3 is 4.42 Å². The second-order valence-corrected chi connectivity index (χ2v) is 18.4. The Balaban J connectivity index is 0.000000208. The highest BCUT2D eigenvalue weighted by Gasteiger charge is 2.50. The molecule has 1 aromatic heterocycles. The third kappa shape index (κ3) is 7.85. The first-order valence-electron chi connectivity index (χ1n) is 24.0. The monoisotopic (exact) mass is 858 g/mol. The van der Waals surface area contributed by atoms with Crippen LogP contribution in [0, 0.1) is 12.8 Å². The van der Waals surface area contributed by atoms with Crippen LogP contribution in [0.2, 0.25) is 0 Å². The van der Waals surface area contributed by atoms with Crippen LogP contribution in [0.1, 0.15) is 98.7 Å². The van der Waals surface area contributed by atoms with Gasteiger partial charge in [-0.3, -0.25) is 0 Å². The first kappa shape index (κ1) is 44.3. The fourth-order valence-electron chi connectivity index (χ4n) is 11.0. The second kappa shape index (κ2) is 18.9. The molecule has 11 rings (SSSR count). The minimum atomic E-state index is -0.453. The molecule has 0 aliphatic heterocycles. The smallest absolute Gasteiger partial charge is 0.143 e. The Morgan fingerprint density at radius 1 is 0.652 bits per heavy atom. The highest BCUT2D eigenvalue weighted by atomic mass is 16.3. The summed E-state index contributed by atoms with van der Waals surface area (Å²) < 4.78 is 6.45. The van der Waals surface area contributed by atoms with Gasteiger partial charge in [0.15, 0.2) is 0 Å². The van der Waals surface area contributed by atoms with Crippen molar-refractivity contribution in [2.75, 3.05) is 0 Å². The van der Waals surface area contributed by atoms with Crippen LogP contribution in [-0.2, 0) is 10.8 Å². The molecule has 66 heavy (non-hydrogen) atoms. The van der Waals surface area contributed by atoms with Crippen LogP contribution in [0.3, 0.4) is 0 Å². The van der Waals surface area contributed by atoms with Gasteiger partial charge in [0, 0.05) is 21.8 Å². The van der Waals surface area contributed by atoms with Crippen LogP contribution >= 0.6 is 0 Å². The van der Waals surface area contributed by atoms with E-state index in [1.54, 1.807) is 5.57 Å². The average molecular weight is 859 g/mol. The maximum atomic E-state index is 6.45. The van der Waals surface area contributed by atoms with E-state index in [2.05, 4.69) is 228 Å². The van der Waals surface area contributed by atoms with Crippen molar-refractivity contribution >= 4 is 28.0 Å². The van der Waals surface area contributed by atoms with Gasteiger partial charge in [0.1, 0.15) is 11.2 Å². The molecule has 8 aromatic rings. The van der Waals surface area contributed by atoms with Gasteiger partial charge in [0.05, 0.1) is 5.41 Å². The molecule has 0 spiro atoms. The number of para-hydroxylation sites is 2. The van der Waals surface area contributed by atoms with E-state index in [9.17, 15) is 0 Å². The highest BCUT2D eigenvalue weighted by Crippen LogP contribution is 2.58. The van der Waals surface area contributed by atoms with Gasteiger partial charge in [-0.25, -0.2) is 0 Å². The summed E-state index contributed by atoms with van der Waals surface area (Å²) in [6.07, 6.45) is 19.0. The molecule has 3 aliphatic rings. The summed E-state index contributed by atoms with van der Waals surface area (Å²) in [6.45, 7) is 17.6. The molecule has 328 valence electrons. The third-order valence-electron chi connectivity index (χ3n) is 14.4. The van der Waals surface area contributed by atoms with E-state index in [0.29, 0.717) is 11.8 Å². The Bertz CT molecular complexity index is 3150. The normalized spacial score (nSPS) is 18.4. The summed E-state index contributed by atoms with van der Waals surface area (Å²) in [5, 5.41) is 2.31. The number of benzene rings is 7. The number of allylic oxidation sites excluding steroid dienone is 8. The van der Waals surface area contributed by atoms with E-state index in [1.807, 2.05) is 26.0 Å². The molecule has 0 saturated heterocycles. The van der Waals surface area contributed by atoms with Gasteiger partial charge in [0.25, 0.3) is 0 Å². The predicted octanol–water partition coefficient (Wildman–Crippen LogP) is 18.1. The van der Waals surface area contributed by atoms with Gasteiger partial charge >= 0.3 is 0 Å². The molecular weight excluding hydrogens is 797 g/mol. The maximum Gasteiger partial charge on any atom is 0.143 e. The lowest BCUT2D eigenvalue weighted by Crippen LogP contribution is -2.43. The summed E-state index contributed by atoms with van der Waals surface area (Å²) in [7, 11) is 0. The van der Waals surface area contributed by atoms with Crippen molar-refractivity contribution in [3.63, 3.8) is 0 Å². The van der Waals surface area contributed by atoms with Crippen LogP contribution in [0.5, 0.6) is 0 Å². The summed E-state index contributed by atoms with van der Waals surface area (Å²) in [5.41, 5.74) is 18.4. The van der Waals surface area contributed by atoms with Crippen molar-refractivity contribution < 1.29 is 4.42 Å². The maximum absolute atomic E-state index is 6.45. The largest absolute Gasteiger partial charge is 0.455 e. The summed E-state index contributed by atoms with van der Waals surface area (Å²) >= 11 is 0. The quantitative estimate of drug-likeness (QED) is 0.156. The first-order chi connectivity index (χ1) is 32.3. The fraction of sp³-hybridized carbons (Fsp3) is 0.200. The van der Waals surface area contributed by atoms with Crippen LogP contribution < -0.4 is 0 Å². The lowest BCUT2D eigenvalue weighted by atomic mass is 9.52. The SMILES string of the molecule is C=Cc1cccc(C2(c3ccc(-c4cccc5c4oc4ccccc45)cc3C)C3=C(CCC=C3)C(C)(C)c3ccccc32)c1.CC.CC(c1ccc(-c2ccccc2)cc1)C1C=CC=CC1. The Morgan fingerprint density at radius 2 is 1.35 bits per heavy atom. The van der Waals surface area contributed by atoms with Crippen molar-refractivity contribution in [3.05, 3.63) is 257 Å². The molecule has 1 heteroatoms. The van der Waals surface area contributed by atoms with E-state index in [-0.39, 0.29) is 5.41 Å². The number of hydrogen-bond acceptors (Lipinski definition) is 1. The van der Waals surface area contributed by atoms with Gasteiger partial charge in [0.2, 0.25) is 0 Å². The number of aryl methyl sites for hydroxylation is 1. The van der Waals surface area contributed by atoms with Crippen molar-refractivity contribution in [2.24, 2.45) is 5.92 Å². The minimum Gasteiger partial charge on any atom is -0.455 e. The van der Waals surface area contributed by atoms with E-state index in [1.165, 1.54) is 55.6 Å². The molecule has 0 fully saturated rings. The van der Waals surface area contributed by atoms with E-state index in [0.717, 1.165) is 52.3 Å². The molecule has 1 nitrogen and oxygen atoms in total. The Morgan fingerprint density at radius 3 is 2.11 bits per heavy atom. The van der Waals surface area contributed by atoms with Crippen molar-refractivity contribution in [1.82, 2.24) is 0 Å². The zero-order valence-corrected chi connectivity index (χ0v) is 39.5. The van der Waals surface area contributed by atoms with Gasteiger partial charge in [-0.1, -0.05) is 247 Å². The molecule has 7 aromatic carbocycles. The molecule has 0 radical (unpaired) electrons. The molecule has 0 N–H and O–H groups in total. The molecule has 0 bridgehead atoms. The standard InChI is InChI=1S/C43H36O.C20H20.C2H6/c1-5-29-14-12-15-31(27-29)43(38-21-9-7-19-36(38)42(3,4)37-20-8-10-22-39(37)43)35-25-24-30(26-28(35)2)32-17-13-18-34-33-16-6-11-23-40(33)44-41(32)34;1-16(17-8-4-2-5-9-17)18-12-14-20(15-13-18)19-10-6-3-7-11-19;1-2/h5-7,9-19,21-27H,1,8,20H2,2-4H3;2-8,10-17H,9H2,1H3;1-2H3. The van der Waals surface area contributed by atoms with Gasteiger partial charge in [-0.05, 0) is 105 Å². The minimum absolute atomic E-state index is 0.0545. The van der Waals surface area contributed by atoms with Crippen LogP contribution in [0.25, 0.3) is 50.3 Å². The molecule has 3 unspecified atom stereocenters. The van der Waals surface area contributed by atoms with Crippen LogP contribution in [0.4, 0.5) is 0 Å². The van der Waals surface area contributed by atoms with Gasteiger partial charge in [-0.15, -0.1) is 0 Å². The molecule has 3 atom stereocenters. The Hall–Kier alpha value is -6.96. The fourth-order valence-corrected chi connectivity index (χ4v) is 11.0. The zero-order valence-electron chi connectivity index (χ0n) is 39.5. The summed E-state index contributed by atoms with van der Waals surface area (Å²) in [5.74, 6) is 1.20.